The third kappa shape index (κ3) is 3.94. The van der Waals surface area contributed by atoms with Gasteiger partial charge in [0.15, 0.2) is 0 Å². The van der Waals surface area contributed by atoms with Crippen LogP contribution in [0.4, 0.5) is 21.5 Å². The van der Waals surface area contributed by atoms with Gasteiger partial charge in [-0.25, -0.2) is 4.39 Å². The molecule has 0 aliphatic carbocycles. The van der Waals surface area contributed by atoms with Gasteiger partial charge in [-0.2, -0.15) is 0 Å². The van der Waals surface area contributed by atoms with E-state index in [-0.39, 0.29) is 16.3 Å². The number of hydrogen-bond donors (Lipinski definition) is 1. The molecule has 0 spiro atoms. The Kier molecular flexibility index (Phi) is 5.37. The summed E-state index contributed by atoms with van der Waals surface area (Å²) in [6.07, 6.45) is 3.23. The Balaban J connectivity index is 1.75. The largest absolute Gasteiger partial charge is 0.369 e. The van der Waals surface area contributed by atoms with Crippen molar-refractivity contribution in [2.75, 3.05) is 23.3 Å². The van der Waals surface area contributed by atoms with Gasteiger partial charge in [-0.15, -0.1) is 0 Å². The number of nitrogens with one attached hydrogen (secondary N) is 1. The summed E-state index contributed by atoms with van der Waals surface area (Å²) in [6, 6.07) is 8.12. The Labute approximate surface area is 154 Å². The number of nitro benzene ring substituents is 1. The molecule has 0 aromatic heterocycles. The van der Waals surface area contributed by atoms with Crippen LogP contribution in [0.1, 0.15) is 29.6 Å². The molecule has 26 heavy (non-hydrogen) atoms. The number of carbonyl (C=O) groups is 1. The van der Waals surface area contributed by atoms with Gasteiger partial charge in [-0.3, -0.25) is 14.9 Å². The van der Waals surface area contributed by atoms with Crippen molar-refractivity contribution in [1.82, 2.24) is 0 Å². The lowest BCUT2D eigenvalue weighted by Crippen LogP contribution is -2.30. The molecule has 2 aromatic rings. The molecule has 1 saturated heterocycles. The van der Waals surface area contributed by atoms with Gasteiger partial charge in [0.05, 0.1) is 21.2 Å². The van der Waals surface area contributed by atoms with Crippen LogP contribution < -0.4 is 10.2 Å². The zero-order valence-corrected chi connectivity index (χ0v) is 14.6. The van der Waals surface area contributed by atoms with Gasteiger partial charge in [0, 0.05) is 30.9 Å². The molecule has 1 aliphatic rings. The Morgan fingerprint density at radius 1 is 1.15 bits per heavy atom. The van der Waals surface area contributed by atoms with E-state index >= 15 is 0 Å². The molecule has 3 rings (SSSR count). The number of anilines is 2. The quantitative estimate of drug-likeness (QED) is 0.622. The molecule has 0 saturated carbocycles. The standard InChI is InChI=1S/C18H17ClFN3O3/c19-15-11-13(23(25)26)5-6-14(15)18(24)21-12-4-7-17(16(20)10-12)22-8-2-1-3-9-22/h4-7,10-11H,1-3,8-9H2,(H,21,24). The molecule has 6 nitrogen and oxygen atoms in total. The first kappa shape index (κ1) is 18.1. The fourth-order valence-electron chi connectivity index (χ4n) is 2.98. The monoisotopic (exact) mass is 377 g/mol. The number of rotatable bonds is 4. The van der Waals surface area contributed by atoms with Gasteiger partial charge in [0.25, 0.3) is 11.6 Å². The molecule has 0 atom stereocenters. The Morgan fingerprint density at radius 3 is 2.50 bits per heavy atom. The van der Waals surface area contributed by atoms with Crippen molar-refractivity contribution in [3.8, 4) is 0 Å². The minimum atomic E-state index is -0.595. The van der Waals surface area contributed by atoms with Crippen LogP contribution in [0.5, 0.6) is 0 Å². The fourth-order valence-corrected chi connectivity index (χ4v) is 3.24. The molecule has 1 heterocycles. The van der Waals surface area contributed by atoms with Crippen LogP contribution in [-0.2, 0) is 0 Å². The summed E-state index contributed by atoms with van der Waals surface area (Å²) >= 11 is 5.95. The third-order valence-corrected chi connectivity index (χ3v) is 4.62. The number of benzene rings is 2. The van der Waals surface area contributed by atoms with Crippen LogP contribution in [0, 0.1) is 15.9 Å². The van der Waals surface area contributed by atoms with E-state index in [1.165, 1.54) is 18.2 Å². The highest BCUT2D eigenvalue weighted by atomic mass is 35.5. The molecular formula is C18H17ClFN3O3. The molecule has 8 heteroatoms. The minimum Gasteiger partial charge on any atom is -0.369 e. The molecule has 1 N–H and O–H groups in total. The predicted octanol–water partition coefficient (Wildman–Crippen LogP) is 4.63. The van der Waals surface area contributed by atoms with Crippen molar-refractivity contribution < 1.29 is 14.1 Å². The number of nitrogens with zero attached hydrogens (tertiary/aromatic N) is 2. The lowest BCUT2D eigenvalue weighted by molar-refractivity contribution is -0.384. The SMILES string of the molecule is O=C(Nc1ccc(N2CCCCC2)c(F)c1)c1ccc([N+](=O)[O-])cc1Cl. The van der Waals surface area contributed by atoms with Gasteiger partial charge in [0.1, 0.15) is 5.82 Å². The summed E-state index contributed by atoms with van der Waals surface area (Å²) in [7, 11) is 0. The maximum atomic E-state index is 14.4. The summed E-state index contributed by atoms with van der Waals surface area (Å²) in [6.45, 7) is 1.64. The number of non-ortho nitro benzene ring substituents is 1. The van der Waals surface area contributed by atoms with Crippen LogP contribution in [-0.4, -0.2) is 23.9 Å². The van der Waals surface area contributed by atoms with Crippen molar-refractivity contribution in [3.05, 3.63) is 62.9 Å². The minimum absolute atomic E-state index is 0.0397. The van der Waals surface area contributed by atoms with E-state index in [2.05, 4.69) is 5.32 Å². The lowest BCUT2D eigenvalue weighted by Gasteiger charge is -2.29. The predicted molar refractivity (Wildman–Crippen MR) is 98.5 cm³/mol. The average Bonchev–Trinajstić information content (AvgIpc) is 2.62. The second-order valence-corrected chi connectivity index (χ2v) is 6.50. The maximum absolute atomic E-state index is 14.4. The highest BCUT2D eigenvalue weighted by Gasteiger charge is 2.18. The number of piperidine rings is 1. The molecule has 1 fully saturated rings. The molecule has 0 bridgehead atoms. The van der Waals surface area contributed by atoms with Gasteiger partial charge in [-0.1, -0.05) is 11.6 Å². The lowest BCUT2D eigenvalue weighted by atomic mass is 10.1. The van der Waals surface area contributed by atoms with Crippen molar-refractivity contribution in [2.45, 2.75) is 19.3 Å². The van der Waals surface area contributed by atoms with Crippen LogP contribution in [0.25, 0.3) is 0 Å². The summed E-state index contributed by atoms with van der Waals surface area (Å²) in [4.78, 5) is 24.4. The van der Waals surface area contributed by atoms with Crippen molar-refractivity contribution in [1.29, 1.82) is 0 Å². The second kappa shape index (κ2) is 7.70. The second-order valence-electron chi connectivity index (χ2n) is 6.09. The van der Waals surface area contributed by atoms with Gasteiger partial charge >= 0.3 is 0 Å². The summed E-state index contributed by atoms with van der Waals surface area (Å²) in [5.41, 5.74) is 0.694. The summed E-state index contributed by atoms with van der Waals surface area (Å²) in [5.74, 6) is -0.963. The molecule has 0 radical (unpaired) electrons. The zero-order valence-electron chi connectivity index (χ0n) is 13.9. The van der Waals surface area contributed by atoms with Crippen LogP contribution in [0.15, 0.2) is 36.4 Å². The third-order valence-electron chi connectivity index (χ3n) is 4.31. The van der Waals surface area contributed by atoms with Gasteiger partial charge < -0.3 is 10.2 Å². The topological polar surface area (TPSA) is 75.5 Å². The van der Waals surface area contributed by atoms with Crippen molar-refractivity contribution in [3.63, 3.8) is 0 Å². The van der Waals surface area contributed by atoms with Crippen molar-refractivity contribution >= 4 is 34.6 Å². The zero-order chi connectivity index (χ0) is 18.7. The fraction of sp³-hybridized carbons (Fsp3) is 0.278. The average molecular weight is 378 g/mol. The van der Waals surface area contributed by atoms with Crippen LogP contribution in [0.2, 0.25) is 5.02 Å². The molecule has 1 amide bonds. The van der Waals surface area contributed by atoms with Crippen molar-refractivity contribution in [2.24, 2.45) is 0 Å². The van der Waals surface area contributed by atoms with Crippen LogP contribution in [0.3, 0.4) is 0 Å². The smallest absolute Gasteiger partial charge is 0.270 e. The van der Waals surface area contributed by atoms with E-state index in [1.807, 2.05) is 4.90 Å². The number of hydrogen-bond acceptors (Lipinski definition) is 4. The van der Waals surface area contributed by atoms with E-state index in [4.69, 9.17) is 11.6 Å². The Bertz CT molecular complexity index is 854. The van der Waals surface area contributed by atoms with E-state index in [9.17, 15) is 19.3 Å². The first-order valence-electron chi connectivity index (χ1n) is 8.25. The normalized spacial score (nSPS) is 14.2. The molecule has 2 aromatic carbocycles. The summed E-state index contributed by atoms with van der Waals surface area (Å²) in [5, 5.41) is 13.3. The molecule has 136 valence electrons. The highest BCUT2D eigenvalue weighted by Crippen LogP contribution is 2.27. The van der Waals surface area contributed by atoms with E-state index in [0.29, 0.717) is 11.4 Å². The van der Waals surface area contributed by atoms with E-state index < -0.39 is 16.6 Å². The molecular weight excluding hydrogens is 361 g/mol. The number of halogens is 2. The van der Waals surface area contributed by atoms with E-state index in [1.54, 1.807) is 12.1 Å². The first-order chi connectivity index (χ1) is 12.5. The van der Waals surface area contributed by atoms with Crippen LogP contribution >= 0.6 is 11.6 Å². The van der Waals surface area contributed by atoms with Gasteiger partial charge in [-0.05, 0) is 43.5 Å². The summed E-state index contributed by atoms with van der Waals surface area (Å²) < 4.78 is 14.4. The Morgan fingerprint density at radius 2 is 1.88 bits per heavy atom. The van der Waals surface area contributed by atoms with Gasteiger partial charge in [0.2, 0.25) is 0 Å². The number of nitro groups is 1. The molecule has 1 aliphatic heterocycles. The molecule has 0 unspecified atom stereocenters. The number of carbonyl (C=O) groups excluding carboxylic acids is 1. The first-order valence-corrected chi connectivity index (χ1v) is 8.63. The Hall–Kier alpha value is -2.67. The van der Waals surface area contributed by atoms with E-state index in [0.717, 1.165) is 38.4 Å². The maximum Gasteiger partial charge on any atom is 0.270 e. The number of amides is 1. The highest BCUT2D eigenvalue weighted by molar-refractivity contribution is 6.34.